The van der Waals surface area contributed by atoms with Gasteiger partial charge in [0, 0.05) is 16.4 Å². The minimum absolute atomic E-state index is 0.0396. The summed E-state index contributed by atoms with van der Waals surface area (Å²) in [5.74, 6) is 1.77. The van der Waals surface area contributed by atoms with Gasteiger partial charge >= 0.3 is 0 Å². The molecule has 0 amide bonds. The van der Waals surface area contributed by atoms with Crippen molar-refractivity contribution in [1.29, 1.82) is 0 Å². The highest BCUT2D eigenvalue weighted by atomic mass is 79.9. The van der Waals surface area contributed by atoms with Crippen molar-refractivity contribution in [2.45, 2.75) is 32.9 Å². The van der Waals surface area contributed by atoms with E-state index >= 15 is 0 Å². The number of halogens is 1. The average molecular weight is 399 g/mol. The Morgan fingerprint density at radius 1 is 1.30 bits per heavy atom. The SMILES string of the molecule is CN(CCOc1ccc(Br)cc1)Cn1[nH]c(C(C)(C)C)nc1=S. The van der Waals surface area contributed by atoms with Crippen molar-refractivity contribution < 1.29 is 4.74 Å². The number of hydrogen-bond donors (Lipinski definition) is 1. The van der Waals surface area contributed by atoms with E-state index in [2.05, 4.69) is 51.7 Å². The zero-order chi connectivity index (χ0) is 17.0. The average Bonchev–Trinajstić information content (AvgIpc) is 2.82. The van der Waals surface area contributed by atoms with Gasteiger partial charge in [-0.1, -0.05) is 36.7 Å². The van der Waals surface area contributed by atoms with Crippen LogP contribution in [0.3, 0.4) is 0 Å². The maximum atomic E-state index is 5.74. The molecule has 2 rings (SSSR count). The maximum Gasteiger partial charge on any atom is 0.217 e. The number of rotatable bonds is 6. The van der Waals surface area contributed by atoms with Gasteiger partial charge in [-0.3, -0.25) is 10.00 Å². The Morgan fingerprint density at radius 3 is 2.52 bits per heavy atom. The van der Waals surface area contributed by atoms with Gasteiger partial charge in [0.15, 0.2) is 0 Å². The van der Waals surface area contributed by atoms with Crippen LogP contribution in [0, 0.1) is 4.77 Å². The number of ether oxygens (including phenoxy) is 1. The molecular weight excluding hydrogens is 376 g/mol. The Bertz CT molecular complexity index is 687. The first kappa shape index (κ1) is 18.2. The van der Waals surface area contributed by atoms with Crippen molar-refractivity contribution in [3.05, 3.63) is 39.3 Å². The summed E-state index contributed by atoms with van der Waals surface area (Å²) >= 11 is 8.73. The Kier molecular flexibility index (Phi) is 6.00. The Balaban J connectivity index is 1.85. The topological polar surface area (TPSA) is 46.1 Å². The highest BCUT2D eigenvalue weighted by Crippen LogP contribution is 2.18. The van der Waals surface area contributed by atoms with Crippen LogP contribution in [0.5, 0.6) is 5.75 Å². The highest BCUT2D eigenvalue weighted by Gasteiger charge is 2.18. The number of benzene rings is 1. The van der Waals surface area contributed by atoms with Gasteiger partial charge in [0.05, 0.1) is 6.67 Å². The van der Waals surface area contributed by atoms with Crippen LogP contribution in [-0.4, -0.2) is 39.9 Å². The van der Waals surface area contributed by atoms with Crippen molar-refractivity contribution in [3.8, 4) is 5.75 Å². The van der Waals surface area contributed by atoms with Crippen LogP contribution >= 0.6 is 28.1 Å². The zero-order valence-electron chi connectivity index (χ0n) is 14.0. The Hall–Kier alpha value is -1.18. The van der Waals surface area contributed by atoms with E-state index in [0.29, 0.717) is 18.0 Å². The highest BCUT2D eigenvalue weighted by molar-refractivity contribution is 9.10. The number of nitrogens with zero attached hydrogens (tertiary/aromatic N) is 3. The molecule has 1 N–H and O–H groups in total. The summed E-state index contributed by atoms with van der Waals surface area (Å²) in [6, 6.07) is 7.84. The fraction of sp³-hybridized carbons (Fsp3) is 0.500. The van der Waals surface area contributed by atoms with Crippen LogP contribution in [-0.2, 0) is 12.1 Å². The molecule has 2 aromatic rings. The molecule has 0 unspecified atom stereocenters. The summed E-state index contributed by atoms with van der Waals surface area (Å²) in [6.45, 7) is 8.40. The van der Waals surface area contributed by atoms with Crippen molar-refractivity contribution in [3.63, 3.8) is 0 Å². The summed E-state index contributed by atoms with van der Waals surface area (Å²) in [5, 5.41) is 3.28. The van der Waals surface area contributed by atoms with E-state index in [1.54, 1.807) is 0 Å². The lowest BCUT2D eigenvalue weighted by Crippen LogP contribution is -2.27. The van der Waals surface area contributed by atoms with Gasteiger partial charge in [0.25, 0.3) is 0 Å². The maximum absolute atomic E-state index is 5.74. The number of nitrogens with one attached hydrogen (secondary N) is 1. The van der Waals surface area contributed by atoms with Gasteiger partial charge in [-0.05, 0) is 43.5 Å². The molecule has 0 aliphatic heterocycles. The molecule has 0 aliphatic carbocycles. The molecular formula is C16H23BrN4OS. The molecule has 5 nitrogen and oxygen atoms in total. The van der Waals surface area contributed by atoms with Crippen LogP contribution < -0.4 is 4.74 Å². The minimum Gasteiger partial charge on any atom is -0.492 e. The quantitative estimate of drug-likeness (QED) is 0.747. The second kappa shape index (κ2) is 7.59. The molecule has 0 fully saturated rings. The van der Waals surface area contributed by atoms with Crippen molar-refractivity contribution in [2.24, 2.45) is 0 Å². The largest absolute Gasteiger partial charge is 0.492 e. The predicted molar refractivity (Wildman–Crippen MR) is 98.4 cm³/mol. The lowest BCUT2D eigenvalue weighted by molar-refractivity contribution is 0.197. The number of likely N-dealkylation sites (N-methyl/N-ethyl adjacent to an activating group) is 1. The van der Waals surface area contributed by atoms with Crippen LogP contribution in [0.4, 0.5) is 0 Å². The second-order valence-electron chi connectivity index (χ2n) is 6.56. The van der Waals surface area contributed by atoms with E-state index in [0.717, 1.165) is 22.6 Å². The van der Waals surface area contributed by atoms with E-state index in [4.69, 9.17) is 17.0 Å². The smallest absolute Gasteiger partial charge is 0.217 e. The standard InChI is InChI=1S/C16H23BrN4OS/c1-16(2,3)14-18-15(23)21(19-14)11-20(4)9-10-22-13-7-5-12(17)6-8-13/h5-8H,9-11H2,1-4H3,(H,18,19,23). The molecule has 0 saturated carbocycles. The van der Waals surface area contributed by atoms with Gasteiger partial charge in [-0.25, -0.2) is 9.67 Å². The van der Waals surface area contributed by atoms with Gasteiger partial charge in [0.2, 0.25) is 4.77 Å². The van der Waals surface area contributed by atoms with Crippen LogP contribution in [0.25, 0.3) is 0 Å². The third-order valence-corrected chi connectivity index (χ3v) is 4.17. The molecule has 1 aromatic carbocycles. The Labute approximate surface area is 150 Å². The first-order chi connectivity index (χ1) is 10.8. The van der Waals surface area contributed by atoms with Crippen molar-refractivity contribution in [2.75, 3.05) is 20.2 Å². The molecule has 7 heteroatoms. The van der Waals surface area contributed by atoms with Gasteiger partial charge in [-0.15, -0.1) is 0 Å². The van der Waals surface area contributed by atoms with E-state index in [9.17, 15) is 0 Å². The van der Waals surface area contributed by atoms with E-state index in [1.807, 2.05) is 36.0 Å². The van der Waals surface area contributed by atoms with Crippen LogP contribution in [0.15, 0.2) is 28.7 Å². The monoisotopic (exact) mass is 398 g/mol. The summed E-state index contributed by atoms with van der Waals surface area (Å²) in [6.07, 6.45) is 0. The van der Waals surface area contributed by atoms with E-state index in [1.165, 1.54) is 0 Å². The summed E-state index contributed by atoms with van der Waals surface area (Å²) in [4.78, 5) is 6.57. The molecule has 126 valence electrons. The van der Waals surface area contributed by atoms with Gasteiger partial charge in [-0.2, -0.15) is 0 Å². The molecule has 0 bridgehead atoms. The molecule has 1 aromatic heterocycles. The summed E-state index contributed by atoms with van der Waals surface area (Å²) in [7, 11) is 2.03. The van der Waals surface area contributed by atoms with Crippen LogP contribution in [0.2, 0.25) is 0 Å². The lowest BCUT2D eigenvalue weighted by atomic mass is 9.96. The summed E-state index contributed by atoms with van der Waals surface area (Å²) in [5.41, 5.74) is -0.0396. The van der Waals surface area contributed by atoms with E-state index < -0.39 is 0 Å². The van der Waals surface area contributed by atoms with Gasteiger partial charge in [0.1, 0.15) is 18.2 Å². The number of H-pyrrole nitrogens is 1. The normalized spacial score (nSPS) is 11.9. The first-order valence-electron chi connectivity index (χ1n) is 7.50. The first-order valence-corrected chi connectivity index (χ1v) is 8.70. The lowest BCUT2D eigenvalue weighted by Gasteiger charge is -2.18. The Morgan fingerprint density at radius 2 is 1.96 bits per heavy atom. The summed E-state index contributed by atoms with van der Waals surface area (Å²) < 4.78 is 9.25. The molecule has 0 saturated heterocycles. The third kappa shape index (κ3) is 5.44. The number of aromatic amines is 1. The molecule has 0 spiro atoms. The van der Waals surface area contributed by atoms with Crippen molar-refractivity contribution in [1.82, 2.24) is 19.7 Å². The molecule has 1 heterocycles. The fourth-order valence-corrected chi connectivity index (χ4v) is 2.41. The number of aromatic nitrogens is 3. The molecule has 23 heavy (non-hydrogen) atoms. The van der Waals surface area contributed by atoms with Crippen molar-refractivity contribution >= 4 is 28.1 Å². The van der Waals surface area contributed by atoms with Crippen LogP contribution in [0.1, 0.15) is 26.6 Å². The second-order valence-corrected chi connectivity index (χ2v) is 7.84. The molecule has 0 radical (unpaired) electrons. The van der Waals surface area contributed by atoms with Gasteiger partial charge < -0.3 is 4.74 Å². The molecule has 0 aliphatic rings. The zero-order valence-corrected chi connectivity index (χ0v) is 16.4. The molecule has 0 atom stereocenters. The third-order valence-electron chi connectivity index (χ3n) is 3.33. The number of hydrogen-bond acceptors (Lipinski definition) is 4. The minimum atomic E-state index is -0.0396. The predicted octanol–water partition coefficient (Wildman–Crippen LogP) is 3.97. The van der Waals surface area contributed by atoms with E-state index in [-0.39, 0.29) is 5.41 Å². The fourth-order valence-electron chi connectivity index (χ4n) is 1.95.